The maximum atomic E-state index is 12.4. The van der Waals surface area contributed by atoms with E-state index in [2.05, 4.69) is 15.6 Å². The third kappa shape index (κ3) is 3.64. The lowest BCUT2D eigenvalue weighted by Crippen LogP contribution is -2.27. The van der Waals surface area contributed by atoms with E-state index >= 15 is 0 Å². The molecule has 2 heterocycles. The van der Waals surface area contributed by atoms with Gasteiger partial charge in [-0.3, -0.25) is 9.48 Å². The van der Waals surface area contributed by atoms with Crippen molar-refractivity contribution in [1.29, 1.82) is 0 Å². The Bertz CT molecular complexity index is 919. The molecule has 0 spiro atoms. The monoisotopic (exact) mass is 346 g/mol. The Morgan fingerprint density at radius 3 is 2.62 bits per heavy atom. The van der Waals surface area contributed by atoms with E-state index < -0.39 is 6.10 Å². The van der Waals surface area contributed by atoms with Crippen molar-refractivity contribution >= 4 is 17.3 Å². The number of hydrogen-bond donors (Lipinski definition) is 1. The van der Waals surface area contributed by atoms with E-state index in [1.165, 1.54) is 0 Å². The molecule has 0 aliphatic carbocycles. The Balaban J connectivity index is 1.35. The Morgan fingerprint density at radius 1 is 1.12 bits per heavy atom. The largest absolute Gasteiger partial charge is 0.382 e. The molecule has 1 atom stereocenters. The first kappa shape index (κ1) is 16.1. The first-order valence-corrected chi connectivity index (χ1v) is 8.43. The van der Waals surface area contributed by atoms with Gasteiger partial charge in [-0.25, -0.2) is 0 Å². The van der Waals surface area contributed by atoms with Gasteiger partial charge < -0.3 is 10.2 Å². The first-order chi connectivity index (χ1) is 12.8. The van der Waals surface area contributed by atoms with Crippen molar-refractivity contribution in [2.75, 3.05) is 5.32 Å². The van der Waals surface area contributed by atoms with Crippen LogP contribution in [0.1, 0.15) is 17.5 Å². The highest BCUT2D eigenvalue weighted by Gasteiger charge is 2.29. The van der Waals surface area contributed by atoms with Crippen molar-refractivity contribution in [3.8, 4) is 0 Å². The SMILES string of the molecule is O=C(Nc1cnn(Cc2ccccc2)c1)C1CC(c2ccccc2)=NO1. The van der Waals surface area contributed by atoms with Crippen molar-refractivity contribution in [1.82, 2.24) is 9.78 Å². The summed E-state index contributed by atoms with van der Waals surface area (Å²) < 4.78 is 1.78. The standard InChI is InChI=1S/C20H18N4O2/c25-20(19-11-18(23-26-19)16-9-5-2-6-10-16)22-17-12-21-24(14-17)13-15-7-3-1-4-8-15/h1-10,12,14,19H,11,13H2,(H,22,25). The van der Waals surface area contributed by atoms with Gasteiger partial charge in [-0.05, 0) is 11.1 Å². The van der Waals surface area contributed by atoms with Gasteiger partial charge in [0.15, 0.2) is 0 Å². The fraction of sp³-hybridized carbons (Fsp3) is 0.150. The lowest BCUT2D eigenvalue weighted by atomic mass is 10.0. The van der Waals surface area contributed by atoms with Crippen LogP contribution in [-0.4, -0.2) is 27.5 Å². The zero-order valence-corrected chi connectivity index (χ0v) is 14.1. The predicted octanol–water partition coefficient (Wildman–Crippen LogP) is 3.06. The van der Waals surface area contributed by atoms with Crippen LogP contribution in [0.2, 0.25) is 0 Å². The summed E-state index contributed by atoms with van der Waals surface area (Å²) in [5.74, 6) is -0.223. The highest BCUT2D eigenvalue weighted by molar-refractivity contribution is 6.06. The molecule has 1 unspecified atom stereocenters. The number of oxime groups is 1. The van der Waals surface area contributed by atoms with Crippen molar-refractivity contribution in [3.63, 3.8) is 0 Å². The lowest BCUT2D eigenvalue weighted by molar-refractivity contribution is -0.125. The third-order valence-electron chi connectivity index (χ3n) is 4.16. The quantitative estimate of drug-likeness (QED) is 0.772. The first-order valence-electron chi connectivity index (χ1n) is 8.43. The van der Waals surface area contributed by atoms with Crippen LogP contribution in [0, 0.1) is 0 Å². The van der Waals surface area contributed by atoms with Gasteiger partial charge in [-0.1, -0.05) is 65.8 Å². The Labute approximate surface area is 151 Å². The van der Waals surface area contributed by atoms with Gasteiger partial charge in [0.2, 0.25) is 6.10 Å². The average Bonchev–Trinajstić information content (AvgIpc) is 3.33. The molecule has 2 aromatic carbocycles. The summed E-state index contributed by atoms with van der Waals surface area (Å²) in [6, 6.07) is 19.8. The highest BCUT2D eigenvalue weighted by Crippen LogP contribution is 2.18. The fourth-order valence-electron chi connectivity index (χ4n) is 2.83. The number of aromatic nitrogens is 2. The Morgan fingerprint density at radius 2 is 1.85 bits per heavy atom. The molecule has 1 aromatic heterocycles. The van der Waals surface area contributed by atoms with Gasteiger partial charge in [0.25, 0.3) is 5.91 Å². The number of rotatable bonds is 5. The maximum absolute atomic E-state index is 12.4. The van der Waals surface area contributed by atoms with Crippen molar-refractivity contribution in [3.05, 3.63) is 84.2 Å². The topological polar surface area (TPSA) is 68.5 Å². The zero-order valence-electron chi connectivity index (χ0n) is 14.1. The molecule has 4 rings (SSSR count). The second-order valence-electron chi connectivity index (χ2n) is 6.10. The molecular weight excluding hydrogens is 328 g/mol. The molecule has 130 valence electrons. The second kappa shape index (κ2) is 7.23. The van der Waals surface area contributed by atoms with Gasteiger partial charge in [0, 0.05) is 12.6 Å². The van der Waals surface area contributed by atoms with Crippen LogP contribution in [0.4, 0.5) is 5.69 Å². The van der Waals surface area contributed by atoms with Gasteiger partial charge in [0.1, 0.15) is 0 Å². The summed E-state index contributed by atoms with van der Waals surface area (Å²) in [4.78, 5) is 17.7. The number of benzene rings is 2. The van der Waals surface area contributed by atoms with Gasteiger partial charge in [-0.2, -0.15) is 5.10 Å². The van der Waals surface area contributed by atoms with Gasteiger partial charge in [-0.15, -0.1) is 0 Å². The number of carbonyl (C=O) groups is 1. The van der Waals surface area contributed by atoms with E-state index in [1.807, 2.05) is 60.7 Å². The molecule has 0 saturated heterocycles. The normalized spacial score (nSPS) is 16.0. The summed E-state index contributed by atoms with van der Waals surface area (Å²) in [7, 11) is 0. The minimum atomic E-state index is -0.623. The Kier molecular flexibility index (Phi) is 4.47. The molecule has 0 radical (unpaired) electrons. The van der Waals surface area contributed by atoms with E-state index in [0.717, 1.165) is 16.8 Å². The number of carbonyl (C=O) groups excluding carboxylic acids is 1. The Hall–Kier alpha value is -3.41. The molecule has 1 aliphatic rings. The number of anilines is 1. The number of nitrogens with zero attached hydrogens (tertiary/aromatic N) is 3. The maximum Gasteiger partial charge on any atom is 0.268 e. The molecule has 3 aromatic rings. The average molecular weight is 346 g/mol. The van der Waals surface area contributed by atoms with Gasteiger partial charge >= 0.3 is 0 Å². The van der Waals surface area contributed by atoms with Crippen LogP contribution in [-0.2, 0) is 16.2 Å². The summed E-state index contributed by atoms with van der Waals surface area (Å²) in [5.41, 5.74) is 3.54. The predicted molar refractivity (Wildman–Crippen MR) is 98.9 cm³/mol. The number of hydrogen-bond acceptors (Lipinski definition) is 4. The lowest BCUT2D eigenvalue weighted by Gasteiger charge is -2.07. The smallest absolute Gasteiger partial charge is 0.268 e. The number of nitrogens with one attached hydrogen (secondary N) is 1. The van der Waals surface area contributed by atoms with E-state index in [0.29, 0.717) is 18.7 Å². The molecule has 6 heteroatoms. The fourth-order valence-corrected chi connectivity index (χ4v) is 2.83. The van der Waals surface area contributed by atoms with Crippen molar-refractivity contribution in [2.24, 2.45) is 5.16 Å². The summed E-state index contributed by atoms with van der Waals surface area (Å²) in [5, 5.41) is 11.2. The van der Waals surface area contributed by atoms with Crippen LogP contribution < -0.4 is 5.32 Å². The minimum absolute atomic E-state index is 0.223. The molecule has 0 fully saturated rings. The highest BCUT2D eigenvalue weighted by atomic mass is 16.6. The van der Waals surface area contributed by atoms with E-state index in [-0.39, 0.29) is 5.91 Å². The molecule has 1 aliphatic heterocycles. The second-order valence-corrected chi connectivity index (χ2v) is 6.10. The molecule has 1 N–H and O–H groups in total. The molecule has 6 nitrogen and oxygen atoms in total. The summed E-state index contributed by atoms with van der Waals surface area (Å²) in [6.45, 7) is 0.651. The molecule has 26 heavy (non-hydrogen) atoms. The van der Waals surface area contributed by atoms with Crippen molar-refractivity contribution in [2.45, 2.75) is 19.1 Å². The van der Waals surface area contributed by atoms with E-state index in [9.17, 15) is 4.79 Å². The van der Waals surface area contributed by atoms with Crippen molar-refractivity contribution < 1.29 is 9.63 Å². The van der Waals surface area contributed by atoms with Crippen LogP contribution >= 0.6 is 0 Å². The van der Waals surface area contributed by atoms with Crippen LogP contribution in [0.5, 0.6) is 0 Å². The molecule has 0 saturated carbocycles. The van der Waals surface area contributed by atoms with Crippen LogP contribution in [0.15, 0.2) is 78.2 Å². The minimum Gasteiger partial charge on any atom is -0.382 e. The number of amides is 1. The molecule has 1 amide bonds. The third-order valence-corrected chi connectivity index (χ3v) is 4.16. The van der Waals surface area contributed by atoms with Crippen LogP contribution in [0.3, 0.4) is 0 Å². The molecule has 0 bridgehead atoms. The zero-order chi connectivity index (χ0) is 17.8. The van der Waals surface area contributed by atoms with Crippen LogP contribution in [0.25, 0.3) is 0 Å². The molecular formula is C20H18N4O2. The van der Waals surface area contributed by atoms with E-state index in [4.69, 9.17) is 4.84 Å². The summed E-state index contributed by atoms with van der Waals surface area (Å²) in [6.07, 6.45) is 3.27. The summed E-state index contributed by atoms with van der Waals surface area (Å²) >= 11 is 0. The van der Waals surface area contributed by atoms with E-state index in [1.54, 1.807) is 17.1 Å². The van der Waals surface area contributed by atoms with Gasteiger partial charge in [0.05, 0.1) is 24.1 Å².